The number of hydrogen-bond acceptors (Lipinski definition) is 3. The van der Waals surface area contributed by atoms with Crippen LogP contribution in [0.15, 0.2) is 91.0 Å². The topological polar surface area (TPSA) is 37.3 Å². The van der Waals surface area contributed by atoms with Crippen LogP contribution in [0.4, 0.5) is 0 Å². The molecule has 0 aromatic heterocycles. The zero-order chi connectivity index (χ0) is 19.6. The Morgan fingerprint density at radius 3 is 1.93 bits per heavy atom. The van der Waals surface area contributed by atoms with Gasteiger partial charge in [-0.3, -0.25) is 4.79 Å². The fourth-order valence-corrected chi connectivity index (χ4v) is 6.21. The van der Waals surface area contributed by atoms with Gasteiger partial charge in [-0.25, -0.2) is 0 Å². The molecule has 4 heteroatoms. The molecule has 1 fully saturated rings. The monoisotopic (exact) mass is 408 g/mol. The molecule has 142 valence electrons. The van der Waals surface area contributed by atoms with E-state index in [9.17, 15) is 9.90 Å². The Balaban J connectivity index is 1.76. The van der Waals surface area contributed by atoms with Crippen molar-refractivity contribution in [2.24, 2.45) is 5.92 Å². The average Bonchev–Trinajstić information content (AvgIpc) is 2.74. The Hall–Kier alpha value is -2.07. The van der Waals surface area contributed by atoms with E-state index in [1.165, 1.54) is 0 Å². The van der Waals surface area contributed by atoms with E-state index in [2.05, 4.69) is 0 Å². The highest BCUT2D eigenvalue weighted by atomic mass is 35.5. The maximum Gasteiger partial charge on any atom is 0.171 e. The number of Topliss-reactive ketones (excluding diaryl/α,β-unsaturated/α-hetero) is 1. The molecule has 4 unspecified atom stereocenters. The lowest BCUT2D eigenvalue weighted by Gasteiger charge is -2.43. The first-order valence-electron chi connectivity index (χ1n) is 9.32. The second-order valence-electron chi connectivity index (χ2n) is 7.10. The van der Waals surface area contributed by atoms with Crippen molar-refractivity contribution in [3.05, 3.63) is 108 Å². The van der Waals surface area contributed by atoms with Crippen molar-refractivity contribution in [2.45, 2.75) is 22.0 Å². The normalized spacial score (nSPS) is 27.3. The van der Waals surface area contributed by atoms with Crippen molar-refractivity contribution in [3.8, 4) is 0 Å². The molecular formula is C24H21ClO2S. The molecule has 0 aliphatic carbocycles. The summed E-state index contributed by atoms with van der Waals surface area (Å²) in [5.74, 6) is -0.852. The van der Waals surface area contributed by atoms with E-state index in [4.69, 9.17) is 11.6 Å². The van der Waals surface area contributed by atoms with E-state index < -0.39 is 11.0 Å². The minimum absolute atomic E-state index is 0.00808. The number of hydrogen-bond donors (Lipinski definition) is 1. The lowest BCUT2D eigenvalue weighted by molar-refractivity contribution is 0.0397. The van der Waals surface area contributed by atoms with Gasteiger partial charge >= 0.3 is 0 Å². The summed E-state index contributed by atoms with van der Waals surface area (Å²) in [6.45, 7) is 0. The number of alkyl halides is 1. The Labute approximate surface area is 174 Å². The fourth-order valence-electron chi connectivity index (χ4n) is 3.82. The predicted octanol–water partition coefficient (Wildman–Crippen LogP) is 6.03. The molecule has 4 rings (SSSR count). The third-order valence-electron chi connectivity index (χ3n) is 5.20. The van der Waals surface area contributed by atoms with E-state index in [0.717, 1.165) is 11.1 Å². The van der Waals surface area contributed by atoms with Gasteiger partial charge in [0.2, 0.25) is 0 Å². The first kappa shape index (κ1) is 19.3. The number of benzene rings is 3. The Morgan fingerprint density at radius 1 is 0.857 bits per heavy atom. The van der Waals surface area contributed by atoms with Crippen LogP contribution < -0.4 is 0 Å². The Kier molecular flexibility index (Phi) is 5.58. The molecule has 4 atom stereocenters. The van der Waals surface area contributed by atoms with Crippen LogP contribution in [0.3, 0.4) is 0 Å². The smallest absolute Gasteiger partial charge is 0.171 e. The van der Waals surface area contributed by atoms with Crippen molar-refractivity contribution >= 4 is 29.1 Å². The number of carbonyl (C=O) groups is 1. The van der Waals surface area contributed by atoms with Crippen molar-refractivity contribution in [1.82, 2.24) is 0 Å². The van der Waals surface area contributed by atoms with Gasteiger partial charge in [0.25, 0.3) is 0 Å². The summed E-state index contributed by atoms with van der Waals surface area (Å²) in [5, 5.41) is 9.40. The minimum atomic E-state index is -1.63. The van der Waals surface area contributed by atoms with Gasteiger partial charge in [0.05, 0.1) is 5.92 Å². The van der Waals surface area contributed by atoms with Crippen LogP contribution in [0.1, 0.15) is 38.4 Å². The van der Waals surface area contributed by atoms with Crippen LogP contribution in [-0.4, -0.2) is 16.0 Å². The molecule has 28 heavy (non-hydrogen) atoms. The van der Waals surface area contributed by atoms with E-state index in [0.29, 0.717) is 12.0 Å². The standard InChI is InChI=1S/C24H21ClO2S/c25-24(27)16-20(17-10-4-1-5-11-17)28-23(19-14-8-3-9-15-19)21(24)22(26)18-12-6-2-7-13-18/h1-15,20-21,23,27H,16H2. The zero-order valence-electron chi connectivity index (χ0n) is 15.2. The number of thioether (sulfide) groups is 1. The molecule has 3 aromatic carbocycles. The highest BCUT2D eigenvalue weighted by molar-refractivity contribution is 7.99. The van der Waals surface area contributed by atoms with Gasteiger partial charge in [0, 0.05) is 22.5 Å². The van der Waals surface area contributed by atoms with Crippen LogP contribution in [0.2, 0.25) is 0 Å². The zero-order valence-corrected chi connectivity index (χ0v) is 16.8. The quantitative estimate of drug-likeness (QED) is 0.423. The molecule has 2 nitrogen and oxygen atoms in total. The molecule has 1 heterocycles. The molecule has 0 saturated carbocycles. The van der Waals surface area contributed by atoms with Gasteiger partial charge in [-0.2, -0.15) is 0 Å². The SMILES string of the molecule is O=C(c1ccccc1)C1C(c2ccccc2)SC(c2ccccc2)CC1(O)Cl. The lowest BCUT2D eigenvalue weighted by atomic mass is 9.83. The highest BCUT2D eigenvalue weighted by Crippen LogP contribution is 2.58. The maximum absolute atomic E-state index is 13.4. The van der Waals surface area contributed by atoms with E-state index in [-0.39, 0.29) is 16.3 Å². The summed E-state index contributed by atoms with van der Waals surface area (Å²) in [7, 11) is 0. The number of ketones is 1. The van der Waals surface area contributed by atoms with Gasteiger partial charge in [-0.15, -0.1) is 11.8 Å². The minimum Gasteiger partial charge on any atom is -0.374 e. The molecule has 0 amide bonds. The molecule has 0 bridgehead atoms. The summed E-state index contributed by atoms with van der Waals surface area (Å²) in [5.41, 5.74) is 2.69. The summed E-state index contributed by atoms with van der Waals surface area (Å²) in [4.78, 5) is 13.4. The van der Waals surface area contributed by atoms with Crippen LogP contribution in [0, 0.1) is 5.92 Å². The van der Waals surface area contributed by atoms with Crippen molar-refractivity contribution in [3.63, 3.8) is 0 Å². The summed E-state index contributed by atoms with van der Waals surface area (Å²) >= 11 is 8.40. The van der Waals surface area contributed by atoms with Crippen LogP contribution in [0.5, 0.6) is 0 Å². The van der Waals surface area contributed by atoms with E-state index >= 15 is 0 Å². The summed E-state index contributed by atoms with van der Waals surface area (Å²) in [6, 6.07) is 29.0. The summed E-state index contributed by atoms with van der Waals surface area (Å²) in [6.07, 6.45) is 0.315. The second kappa shape index (κ2) is 8.12. The molecule has 1 N–H and O–H groups in total. The second-order valence-corrected chi connectivity index (χ2v) is 9.10. The van der Waals surface area contributed by atoms with Crippen LogP contribution in [-0.2, 0) is 0 Å². The fraction of sp³-hybridized carbons (Fsp3) is 0.208. The van der Waals surface area contributed by atoms with Crippen molar-refractivity contribution < 1.29 is 9.90 Å². The number of rotatable bonds is 4. The molecule has 1 aliphatic heterocycles. The Morgan fingerprint density at radius 2 is 1.36 bits per heavy atom. The third-order valence-corrected chi connectivity index (χ3v) is 7.20. The first-order valence-corrected chi connectivity index (χ1v) is 10.6. The van der Waals surface area contributed by atoms with Crippen LogP contribution in [0.25, 0.3) is 0 Å². The number of aliphatic hydroxyl groups is 1. The average molecular weight is 409 g/mol. The lowest BCUT2D eigenvalue weighted by Crippen LogP contribution is -2.44. The van der Waals surface area contributed by atoms with E-state index in [1.807, 2.05) is 78.9 Å². The molecule has 1 aliphatic rings. The third kappa shape index (κ3) is 3.88. The van der Waals surface area contributed by atoms with Crippen molar-refractivity contribution in [1.29, 1.82) is 0 Å². The molecular weight excluding hydrogens is 388 g/mol. The van der Waals surface area contributed by atoms with Crippen LogP contribution >= 0.6 is 23.4 Å². The van der Waals surface area contributed by atoms with Gasteiger partial charge in [0.1, 0.15) is 0 Å². The molecule has 3 aromatic rings. The van der Waals surface area contributed by atoms with Gasteiger partial charge in [0.15, 0.2) is 10.8 Å². The Bertz CT molecular complexity index is 929. The molecule has 0 radical (unpaired) electrons. The van der Waals surface area contributed by atoms with Gasteiger partial charge < -0.3 is 5.11 Å². The molecule has 0 spiro atoms. The summed E-state index contributed by atoms with van der Waals surface area (Å²) < 4.78 is 0. The van der Waals surface area contributed by atoms with E-state index in [1.54, 1.807) is 23.9 Å². The maximum atomic E-state index is 13.4. The predicted molar refractivity (Wildman–Crippen MR) is 116 cm³/mol. The number of carbonyl (C=O) groups excluding carboxylic acids is 1. The molecule has 1 saturated heterocycles. The first-order chi connectivity index (χ1) is 13.6. The highest BCUT2D eigenvalue weighted by Gasteiger charge is 2.51. The number of halogens is 1. The van der Waals surface area contributed by atoms with Crippen molar-refractivity contribution in [2.75, 3.05) is 0 Å². The largest absolute Gasteiger partial charge is 0.374 e. The van der Waals surface area contributed by atoms with Gasteiger partial charge in [-0.1, -0.05) is 103 Å². The van der Waals surface area contributed by atoms with Gasteiger partial charge in [-0.05, 0) is 11.1 Å².